The molecule has 3 N–H and O–H groups in total. The second kappa shape index (κ2) is 9.20. The number of carboxylic acids is 1. The van der Waals surface area contributed by atoms with Crippen LogP contribution in [0.15, 0.2) is 21.3 Å². The van der Waals surface area contributed by atoms with Crippen molar-refractivity contribution in [1.82, 2.24) is 10.6 Å². The van der Waals surface area contributed by atoms with E-state index in [0.29, 0.717) is 28.7 Å². The SMILES string of the molecule is Cc1cc(OCC(=O)NCC(=O)N[C@@H](C(=O)O)C(C)C)c2c3c(c(=O)oc2c1)CCC3. The molecule has 1 aliphatic rings. The molecule has 2 amide bonds. The fourth-order valence-electron chi connectivity index (χ4n) is 3.73. The van der Waals surface area contributed by atoms with Crippen molar-refractivity contribution in [2.45, 2.75) is 46.1 Å². The first-order valence-corrected chi connectivity index (χ1v) is 10.2. The van der Waals surface area contributed by atoms with Gasteiger partial charge in [0.1, 0.15) is 17.4 Å². The Morgan fingerprint density at radius 2 is 1.87 bits per heavy atom. The summed E-state index contributed by atoms with van der Waals surface area (Å²) in [5.41, 5.74) is 2.46. The van der Waals surface area contributed by atoms with Crippen LogP contribution in [0.4, 0.5) is 0 Å². The van der Waals surface area contributed by atoms with Gasteiger partial charge in [-0.05, 0) is 55.4 Å². The molecule has 31 heavy (non-hydrogen) atoms. The Kier molecular flexibility index (Phi) is 6.62. The maximum Gasteiger partial charge on any atom is 0.339 e. The summed E-state index contributed by atoms with van der Waals surface area (Å²) >= 11 is 0. The maximum absolute atomic E-state index is 12.2. The van der Waals surface area contributed by atoms with Crippen LogP contribution in [0, 0.1) is 12.8 Å². The molecule has 1 aromatic carbocycles. The van der Waals surface area contributed by atoms with E-state index in [-0.39, 0.29) is 24.7 Å². The molecule has 0 unspecified atom stereocenters. The molecule has 3 rings (SSSR count). The molecular formula is C22H26N2O7. The second-order valence-electron chi connectivity index (χ2n) is 8.03. The third-order valence-electron chi connectivity index (χ3n) is 5.23. The van der Waals surface area contributed by atoms with E-state index in [9.17, 15) is 19.2 Å². The Morgan fingerprint density at radius 1 is 1.16 bits per heavy atom. The standard InChI is InChI=1S/C22H26N2O7/c1-11(2)20(21(27)28)24-17(25)9-23-18(26)10-30-15-7-12(3)8-16-19(15)13-5-4-6-14(13)22(29)31-16/h7-8,11,20H,4-6,9-10H2,1-3H3,(H,23,26)(H,24,25)(H,27,28)/t20-/m1/s1. The predicted molar refractivity (Wildman–Crippen MR) is 112 cm³/mol. The normalized spacial score (nSPS) is 13.7. The first-order chi connectivity index (χ1) is 14.7. The van der Waals surface area contributed by atoms with Crippen molar-refractivity contribution >= 4 is 28.8 Å². The Hall–Kier alpha value is -3.36. The summed E-state index contributed by atoms with van der Waals surface area (Å²) in [4.78, 5) is 47.5. The largest absolute Gasteiger partial charge is 0.483 e. The van der Waals surface area contributed by atoms with E-state index >= 15 is 0 Å². The maximum atomic E-state index is 12.2. The van der Waals surface area contributed by atoms with Crippen molar-refractivity contribution in [3.63, 3.8) is 0 Å². The van der Waals surface area contributed by atoms with Crippen molar-refractivity contribution in [2.75, 3.05) is 13.2 Å². The van der Waals surface area contributed by atoms with E-state index in [1.807, 2.05) is 6.92 Å². The minimum atomic E-state index is -1.14. The molecule has 1 aromatic heterocycles. The highest BCUT2D eigenvalue weighted by Crippen LogP contribution is 2.35. The van der Waals surface area contributed by atoms with Gasteiger partial charge in [-0.1, -0.05) is 13.8 Å². The van der Waals surface area contributed by atoms with Crippen molar-refractivity contribution < 1.29 is 28.6 Å². The van der Waals surface area contributed by atoms with Crippen molar-refractivity contribution in [2.24, 2.45) is 5.92 Å². The average molecular weight is 430 g/mol. The number of carbonyl (C=O) groups excluding carboxylic acids is 2. The van der Waals surface area contributed by atoms with Gasteiger partial charge in [-0.25, -0.2) is 9.59 Å². The second-order valence-corrected chi connectivity index (χ2v) is 8.03. The number of hydrogen-bond acceptors (Lipinski definition) is 6. The van der Waals surface area contributed by atoms with Crippen LogP contribution >= 0.6 is 0 Å². The Bertz CT molecular complexity index is 1090. The number of fused-ring (bicyclic) bond motifs is 3. The quantitative estimate of drug-likeness (QED) is 0.538. The number of ether oxygens (including phenoxy) is 1. The van der Waals surface area contributed by atoms with Gasteiger partial charge in [0.2, 0.25) is 5.91 Å². The third kappa shape index (κ3) is 5.04. The monoisotopic (exact) mass is 430 g/mol. The molecule has 9 heteroatoms. The van der Waals surface area contributed by atoms with Crippen molar-refractivity contribution in [3.8, 4) is 5.75 Å². The number of nitrogens with one attached hydrogen (secondary N) is 2. The zero-order valence-electron chi connectivity index (χ0n) is 17.7. The number of rotatable bonds is 8. The molecule has 9 nitrogen and oxygen atoms in total. The van der Waals surface area contributed by atoms with Gasteiger partial charge in [0.15, 0.2) is 6.61 Å². The fourth-order valence-corrected chi connectivity index (χ4v) is 3.73. The predicted octanol–water partition coefficient (Wildman–Crippen LogP) is 1.31. The minimum absolute atomic E-state index is 0.295. The van der Waals surface area contributed by atoms with Gasteiger partial charge in [-0.15, -0.1) is 0 Å². The summed E-state index contributed by atoms with van der Waals surface area (Å²) in [7, 11) is 0. The number of hydrogen-bond donors (Lipinski definition) is 3. The summed E-state index contributed by atoms with van der Waals surface area (Å²) in [6, 6.07) is 2.51. The molecule has 1 atom stereocenters. The molecule has 0 saturated carbocycles. The Labute approximate surface area is 178 Å². The van der Waals surface area contributed by atoms with Gasteiger partial charge in [0, 0.05) is 5.56 Å². The van der Waals surface area contributed by atoms with Gasteiger partial charge < -0.3 is 24.9 Å². The lowest BCUT2D eigenvalue weighted by Gasteiger charge is -2.18. The summed E-state index contributed by atoms with van der Waals surface area (Å²) in [6.07, 6.45) is 2.25. The zero-order chi connectivity index (χ0) is 22.7. The molecule has 0 aliphatic heterocycles. The highest BCUT2D eigenvalue weighted by molar-refractivity contribution is 5.90. The molecular weight excluding hydrogens is 404 g/mol. The molecule has 2 aromatic rings. The van der Waals surface area contributed by atoms with E-state index in [0.717, 1.165) is 24.0 Å². The number of amides is 2. The molecule has 0 spiro atoms. The van der Waals surface area contributed by atoms with Gasteiger partial charge in [0.25, 0.3) is 5.91 Å². The molecule has 0 radical (unpaired) electrons. The van der Waals surface area contributed by atoms with E-state index in [1.165, 1.54) is 0 Å². The zero-order valence-corrected chi connectivity index (χ0v) is 17.7. The molecule has 0 fully saturated rings. The lowest BCUT2D eigenvalue weighted by molar-refractivity contribution is -0.143. The van der Waals surface area contributed by atoms with Gasteiger partial charge in [-0.2, -0.15) is 0 Å². The molecule has 1 aliphatic carbocycles. The van der Waals surface area contributed by atoms with Crippen LogP contribution in [-0.4, -0.2) is 42.1 Å². The third-order valence-corrected chi connectivity index (χ3v) is 5.23. The number of benzene rings is 1. The topological polar surface area (TPSA) is 135 Å². The fraction of sp³-hybridized carbons (Fsp3) is 0.455. The number of carboxylic acid groups (broad SMARTS) is 1. The number of carbonyl (C=O) groups is 3. The average Bonchev–Trinajstić information content (AvgIpc) is 3.18. The number of aliphatic carboxylic acids is 1. The van der Waals surface area contributed by atoms with E-state index < -0.39 is 23.8 Å². The minimum Gasteiger partial charge on any atom is -0.483 e. The van der Waals surface area contributed by atoms with Gasteiger partial charge in [-0.3, -0.25) is 9.59 Å². The van der Waals surface area contributed by atoms with Gasteiger partial charge >= 0.3 is 11.6 Å². The van der Waals surface area contributed by atoms with Crippen molar-refractivity contribution in [3.05, 3.63) is 39.2 Å². The molecule has 0 saturated heterocycles. The highest BCUT2D eigenvalue weighted by Gasteiger charge is 2.24. The summed E-state index contributed by atoms with van der Waals surface area (Å²) < 4.78 is 11.2. The summed E-state index contributed by atoms with van der Waals surface area (Å²) in [5.74, 6) is -2.12. The van der Waals surface area contributed by atoms with Crippen LogP contribution in [0.2, 0.25) is 0 Å². The Balaban J connectivity index is 1.66. The van der Waals surface area contributed by atoms with Crippen LogP contribution < -0.4 is 21.0 Å². The Morgan fingerprint density at radius 3 is 2.55 bits per heavy atom. The van der Waals surface area contributed by atoms with Crippen LogP contribution in [0.3, 0.4) is 0 Å². The van der Waals surface area contributed by atoms with Crippen LogP contribution in [-0.2, 0) is 27.2 Å². The molecule has 166 valence electrons. The molecule has 1 heterocycles. The highest BCUT2D eigenvalue weighted by atomic mass is 16.5. The van der Waals surface area contributed by atoms with Crippen LogP contribution in [0.5, 0.6) is 5.75 Å². The van der Waals surface area contributed by atoms with E-state index in [4.69, 9.17) is 14.3 Å². The molecule has 0 bridgehead atoms. The van der Waals surface area contributed by atoms with Crippen molar-refractivity contribution in [1.29, 1.82) is 0 Å². The first-order valence-electron chi connectivity index (χ1n) is 10.2. The summed E-state index contributed by atoms with van der Waals surface area (Å²) in [6.45, 7) is 4.48. The first kappa shape index (κ1) is 22.3. The van der Waals surface area contributed by atoms with Crippen LogP contribution in [0.25, 0.3) is 11.0 Å². The summed E-state index contributed by atoms with van der Waals surface area (Å²) in [5, 5.41) is 14.6. The number of aryl methyl sites for hydroxylation is 2. The van der Waals surface area contributed by atoms with E-state index in [1.54, 1.807) is 26.0 Å². The van der Waals surface area contributed by atoms with Crippen LogP contribution in [0.1, 0.15) is 37.0 Å². The van der Waals surface area contributed by atoms with Gasteiger partial charge in [0.05, 0.1) is 11.9 Å². The lowest BCUT2D eigenvalue weighted by Crippen LogP contribution is -2.48. The smallest absolute Gasteiger partial charge is 0.339 e. The van der Waals surface area contributed by atoms with E-state index in [2.05, 4.69) is 10.6 Å². The lowest BCUT2D eigenvalue weighted by atomic mass is 10.0.